The van der Waals surface area contributed by atoms with E-state index in [-0.39, 0.29) is 19.3 Å². The second kappa shape index (κ2) is 84.1. The van der Waals surface area contributed by atoms with Crippen LogP contribution in [0.4, 0.5) is 0 Å². The summed E-state index contributed by atoms with van der Waals surface area (Å²) >= 11 is 0. The van der Waals surface area contributed by atoms with Gasteiger partial charge in [0.05, 0.1) is 26.4 Å². The molecule has 632 valence electrons. The molecule has 0 aliphatic rings. The number of phosphoric ester groups is 2. The van der Waals surface area contributed by atoms with Crippen LogP contribution >= 0.6 is 15.6 Å². The van der Waals surface area contributed by atoms with E-state index >= 15 is 0 Å². The highest BCUT2D eigenvalue weighted by Crippen LogP contribution is 2.45. The molecule has 0 aliphatic carbocycles. The van der Waals surface area contributed by atoms with Crippen molar-refractivity contribution in [3.63, 3.8) is 0 Å². The van der Waals surface area contributed by atoms with E-state index in [1.54, 1.807) is 0 Å². The van der Waals surface area contributed by atoms with Crippen molar-refractivity contribution in [2.75, 3.05) is 39.6 Å². The topological polar surface area (TPSA) is 231 Å². The smallest absolute Gasteiger partial charge is 0.463 e. The minimum Gasteiger partial charge on any atom is -0.463 e. The third kappa shape index (κ3) is 85.4. The standard InChI is InChI=1S/C93H154O16P2/c1-4-7-10-13-16-19-22-25-28-31-34-37-39-41-43-45-47-50-52-55-58-61-64-67-70-73-76-79-91(96)103-82-88(94)83-105-110(99,100)106-84-89(95)85-107-111(101,102)108-87-90(109-93(98)81-78-75-72-69-66-63-60-57-54-49-36-33-30-27-24-21-18-15-12-9-6-3)86-104-92(97)80-77-74-71-68-65-62-59-56-53-51-48-46-44-42-40-38-35-32-29-26-23-20-17-14-11-8-5-2/h7,9-10,12,16-21,25-30,34-38,41-44,47,49-50,57,60,88-90,94-95H,4-6,8,11,13-15,22-24,31-33,39-40,45-46,48,51-56,58-59,61-87H2,1-3H3,(H,99,100)(H,101,102)/b10-7-,12-9-,19-16-,20-17-,21-18-,28-25-,29-26-,30-27-,37-34-,38-35-,43-41-,44-42-,49-36-,50-47-,60-57-. The molecule has 111 heavy (non-hydrogen) atoms. The highest BCUT2D eigenvalue weighted by Gasteiger charge is 2.29. The zero-order valence-corrected chi connectivity index (χ0v) is 71.1. The molecule has 0 bridgehead atoms. The van der Waals surface area contributed by atoms with Crippen molar-refractivity contribution in [3.8, 4) is 0 Å². The predicted molar refractivity (Wildman–Crippen MR) is 463 cm³/mol. The second-order valence-corrected chi connectivity index (χ2v) is 31.1. The molecule has 0 saturated carbocycles. The first-order valence-corrected chi connectivity index (χ1v) is 46.1. The number of unbranched alkanes of at least 4 members (excludes halogenated alkanes) is 27. The van der Waals surface area contributed by atoms with Gasteiger partial charge in [-0.1, -0.05) is 331 Å². The molecule has 0 radical (unpaired) electrons. The van der Waals surface area contributed by atoms with Crippen molar-refractivity contribution in [3.05, 3.63) is 182 Å². The lowest BCUT2D eigenvalue weighted by Gasteiger charge is -2.21. The van der Waals surface area contributed by atoms with Crippen LogP contribution in [0.3, 0.4) is 0 Å². The number of aliphatic hydroxyl groups is 2. The fourth-order valence-corrected chi connectivity index (χ4v) is 12.7. The van der Waals surface area contributed by atoms with Gasteiger partial charge in [0.25, 0.3) is 0 Å². The Bertz CT molecular complexity index is 2750. The van der Waals surface area contributed by atoms with E-state index in [0.717, 1.165) is 186 Å². The monoisotopic (exact) mass is 1590 g/mol. The summed E-state index contributed by atoms with van der Waals surface area (Å²) in [5, 5.41) is 20.7. The maximum absolute atomic E-state index is 13.0. The molecular formula is C93H154O16P2. The van der Waals surface area contributed by atoms with Crippen LogP contribution in [0.5, 0.6) is 0 Å². The highest BCUT2D eigenvalue weighted by atomic mass is 31.2. The van der Waals surface area contributed by atoms with Crippen molar-refractivity contribution in [1.82, 2.24) is 0 Å². The van der Waals surface area contributed by atoms with E-state index in [9.17, 15) is 43.5 Å². The van der Waals surface area contributed by atoms with E-state index in [4.69, 9.17) is 32.3 Å². The van der Waals surface area contributed by atoms with Crippen LogP contribution < -0.4 is 0 Å². The van der Waals surface area contributed by atoms with Crippen LogP contribution in [-0.4, -0.2) is 95.9 Å². The fraction of sp³-hybridized carbons (Fsp3) is 0.645. The molecule has 0 fully saturated rings. The molecule has 0 spiro atoms. The maximum atomic E-state index is 13.0. The van der Waals surface area contributed by atoms with Crippen molar-refractivity contribution >= 4 is 33.6 Å². The van der Waals surface area contributed by atoms with Gasteiger partial charge in [0, 0.05) is 19.3 Å². The van der Waals surface area contributed by atoms with Crippen LogP contribution in [-0.2, 0) is 55.8 Å². The Morgan fingerprint density at radius 2 is 0.477 bits per heavy atom. The minimum absolute atomic E-state index is 0.0756. The van der Waals surface area contributed by atoms with Gasteiger partial charge in [0.15, 0.2) is 6.10 Å². The molecule has 5 unspecified atom stereocenters. The summed E-state index contributed by atoms with van der Waals surface area (Å²) in [5.41, 5.74) is 0. The summed E-state index contributed by atoms with van der Waals surface area (Å²) < 4.78 is 61.4. The SMILES string of the molecule is CC/C=C\C/C=C\C/C=C\C/C=C\C/C=C\C/C=C\CCCCCCCCCCC(=O)OCC(O)COP(=O)(O)OCC(O)COP(=O)(O)OCC(COC(=O)CCCCCCCCCCCCC/C=C\C/C=C\C/C=C\C/C=C\CCCCC)OC(=O)CCCCCCC/C=C\C/C=C\C/C=C\C/C=C\C/C=C\CC. The highest BCUT2D eigenvalue weighted by molar-refractivity contribution is 7.47. The third-order valence-corrected chi connectivity index (χ3v) is 19.5. The normalized spacial score (nSPS) is 14.8. The minimum atomic E-state index is -4.95. The third-order valence-electron chi connectivity index (χ3n) is 17.6. The van der Waals surface area contributed by atoms with E-state index in [2.05, 4.69) is 203 Å². The number of rotatable bonds is 80. The fourth-order valence-electron chi connectivity index (χ4n) is 11.1. The van der Waals surface area contributed by atoms with Gasteiger partial charge in [0.2, 0.25) is 0 Å². The Labute approximate surface area is 675 Å². The summed E-state index contributed by atoms with van der Waals surface area (Å²) in [4.78, 5) is 58.9. The molecule has 0 saturated heterocycles. The second-order valence-electron chi connectivity index (χ2n) is 28.2. The Morgan fingerprint density at radius 1 is 0.261 bits per heavy atom. The van der Waals surface area contributed by atoms with Gasteiger partial charge in [-0.25, -0.2) is 9.13 Å². The molecule has 18 heteroatoms. The number of aliphatic hydroxyl groups excluding tert-OH is 2. The first-order chi connectivity index (χ1) is 54.2. The number of carbonyl (C=O) groups excluding carboxylic acids is 3. The Balaban J connectivity index is 4.69. The van der Waals surface area contributed by atoms with E-state index in [0.29, 0.717) is 19.3 Å². The maximum Gasteiger partial charge on any atom is 0.472 e. The first-order valence-electron chi connectivity index (χ1n) is 43.1. The van der Waals surface area contributed by atoms with Gasteiger partial charge in [-0.2, -0.15) is 0 Å². The summed E-state index contributed by atoms with van der Waals surface area (Å²) in [5.74, 6) is -1.61. The molecule has 0 aromatic heterocycles. The van der Waals surface area contributed by atoms with Gasteiger partial charge in [-0.15, -0.1) is 0 Å². The van der Waals surface area contributed by atoms with E-state index in [1.807, 2.05) is 0 Å². The number of hydrogen-bond donors (Lipinski definition) is 4. The molecular weight excluding hydrogens is 1430 g/mol. The zero-order valence-electron chi connectivity index (χ0n) is 69.3. The molecule has 0 aromatic rings. The van der Waals surface area contributed by atoms with E-state index in [1.165, 1.54) is 83.5 Å². The molecule has 0 aromatic carbocycles. The Morgan fingerprint density at radius 3 is 0.757 bits per heavy atom. The number of carbonyl (C=O) groups is 3. The van der Waals surface area contributed by atoms with Gasteiger partial charge < -0.3 is 34.2 Å². The van der Waals surface area contributed by atoms with Gasteiger partial charge in [-0.3, -0.25) is 32.5 Å². The van der Waals surface area contributed by atoms with Crippen LogP contribution in [0, 0.1) is 0 Å². The number of phosphoric acid groups is 2. The lowest BCUT2D eigenvalue weighted by Crippen LogP contribution is -2.30. The van der Waals surface area contributed by atoms with Crippen molar-refractivity contribution in [1.29, 1.82) is 0 Å². The molecule has 0 aliphatic heterocycles. The Hall–Kier alpha value is -5.35. The molecule has 0 amide bonds. The summed E-state index contributed by atoms with van der Waals surface area (Å²) in [7, 11) is -9.82. The van der Waals surface area contributed by atoms with Crippen LogP contribution in [0.15, 0.2) is 182 Å². The lowest BCUT2D eigenvalue weighted by atomic mass is 10.0. The molecule has 16 nitrogen and oxygen atoms in total. The number of allylic oxidation sites excluding steroid dienone is 30. The summed E-state index contributed by atoms with van der Waals surface area (Å²) in [6, 6.07) is 0. The zero-order chi connectivity index (χ0) is 80.8. The average Bonchev–Trinajstić information content (AvgIpc) is 0.889. The average molecular weight is 1590 g/mol. The van der Waals surface area contributed by atoms with Crippen molar-refractivity contribution in [2.24, 2.45) is 0 Å². The van der Waals surface area contributed by atoms with Crippen molar-refractivity contribution in [2.45, 2.75) is 347 Å². The van der Waals surface area contributed by atoms with Crippen LogP contribution in [0.2, 0.25) is 0 Å². The molecule has 0 heterocycles. The Kier molecular flexibility index (Phi) is 80.0. The van der Waals surface area contributed by atoms with Crippen LogP contribution in [0.1, 0.15) is 329 Å². The summed E-state index contributed by atoms with van der Waals surface area (Å²) in [6.07, 6.45) is 109. The lowest BCUT2D eigenvalue weighted by molar-refractivity contribution is -0.161. The molecule has 0 rings (SSSR count). The van der Waals surface area contributed by atoms with Gasteiger partial charge in [-0.05, 0) is 161 Å². The summed E-state index contributed by atoms with van der Waals surface area (Å²) in [6.45, 7) is 2.40. The molecule has 5 atom stereocenters. The predicted octanol–water partition coefficient (Wildman–Crippen LogP) is 26.1. The largest absolute Gasteiger partial charge is 0.472 e. The van der Waals surface area contributed by atoms with Gasteiger partial charge >= 0.3 is 33.6 Å². The number of hydrogen-bond acceptors (Lipinski definition) is 14. The number of ether oxygens (including phenoxy) is 3. The molecule has 4 N–H and O–H groups in total. The quantitative estimate of drug-likeness (QED) is 0.0146. The van der Waals surface area contributed by atoms with Crippen LogP contribution in [0.25, 0.3) is 0 Å². The number of esters is 3. The van der Waals surface area contributed by atoms with Gasteiger partial charge in [0.1, 0.15) is 25.4 Å². The van der Waals surface area contributed by atoms with E-state index < -0.39 is 91.5 Å². The first kappa shape index (κ1) is 106. The van der Waals surface area contributed by atoms with Crippen molar-refractivity contribution < 1.29 is 75.8 Å².